The summed E-state index contributed by atoms with van der Waals surface area (Å²) in [5.41, 5.74) is 0. The maximum absolute atomic E-state index is 11.2. The molecule has 0 aliphatic carbocycles. The lowest BCUT2D eigenvalue weighted by Gasteiger charge is -2.13. The molecule has 0 aromatic carbocycles. The van der Waals surface area contributed by atoms with Crippen molar-refractivity contribution in [2.75, 3.05) is 25.9 Å². The highest BCUT2D eigenvalue weighted by Crippen LogP contribution is 2.25. The summed E-state index contributed by atoms with van der Waals surface area (Å²) in [6.45, 7) is 2.44. The SMILES string of the molecule is CS(=O)(=O)N1CC2CCNC2C1. The van der Waals surface area contributed by atoms with Crippen LogP contribution in [0.2, 0.25) is 0 Å². The molecule has 0 saturated carbocycles. The predicted octanol–water partition coefficient (Wildman–Crippen LogP) is -0.760. The molecule has 2 aliphatic heterocycles. The average Bonchev–Trinajstić information content (AvgIpc) is 2.37. The Balaban J connectivity index is 2.09. The van der Waals surface area contributed by atoms with Gasteiger partial charge in [0.05, 0.1) is 6.26 Å². The fourth-order valence-electron chi connectivity index (χ4n) is 2.08. The maximum Gasteiger partial charge on any atom is 0.211 e. The van der Waals surface area contributed by atoms with Crippen molar-refractivity contribution in [2.24, 2.45) is 5.92 Å². The molecule has 2 unspecified atom stereocenters. The van der Waals surface area contributed by atoms with E-state index in [1.54, 1.807) is 4.31 Å². The van der Waals surface area contributed by atoms with Crippen LogP contribution >= 0.6 is 0 Å². The van der Waals surface area contributed by atoms with E-state index >= 15 is 0 Å². The third-order valence-corrected chi connectivity index (χ3v) is 4.03. The zero-order valence-electron chi connectivity index (χ0n) is 7.16. The second-order valence-corrected chi connectivity index (χ2v) is 5.67. The number of rotatable bonds is 1. The summed E-state index contributed by atoms with van der Waals surface area (Å²) in [5.74, 6) is 0.555. The monoisotopic (exact) mass is 190 g/mol. The second kappa shape index (κ2) is 2.68. The highest BCUT2D eigenvalue weighted by atomic mass is 32.2. The maximum atomic E-state index is 11.2. The number of nitrogens with one attached hydrogen (secondary N) is 1. The van der Waals surface area contributed by atoms with E-state index in [4.69, 9.17) is 0 Å². The Kier molecular flexibility index (Phi) is 1.89. The van der Waals surface area contributed by atoms with Crippen LogP contribution in [0.5, 0.6) is 0 Å². The first-order valence-electron chi connectivity index (χ1n) is 4.26. The van der Waals surface area contributed by atoms with Gasteiger partial charge in [-0.3, -0.25) is 0 Å². The van der Waals surface area contributed by atoms with Crippen LogP contribution in [0.4, 0.5) is 0 Å². The average molecular weight is 190 g/mol. The minimum absolute atomic E-state index is 0.416. The Morgan fingerprint density at radius 3 is 2.75 bits per heavy atom. The highest BCUT2D eigenvalue weighted by molar-refractivity contribution is 7.88. The zero-order valence-corrected chi connectivity index (χ0v) is 7.97. The minimum atomic E-state index is -2.95. The van der Waals surface area contributed by atoms with Gasteiger partial charge in [-0.1, -0.05) is 0 Å². The van der Waals surface area contributed by atoms with Gasteiger partial charge < -0.3 is 5.32 Å². The van der Waals surface area contributed by atoms with E-state index in [1.165, 1.54) is 6.26 Å². The van der Waals surface area contributed by atoms with Gasteiger partial charge in [0.15, 0.2) is 0 Å². The zero-order chi connectivity index (χ0) is 8.77. The van der Waals surface area contributed by atoms with Crippen LogP contribution in [0, 0.1) is 5.92 Å². The van der Waals surface area contributed by atoms with Crippen molar-refractivity contribution < 1.29 is 8.42 Å². The molecule has 0 spiro atoms. The predicted molar refractivity (Wildman–Crippen MR) is 46.3 cm³/mol. The molecule has 0 radical (unpaired) electrons. The first kappa shape index (κ1) is 8.47. The van der Waals surface area contributed by atoms with Crippen molar-refractivity contribution in [3.05, 3.63) is 0 Å². The molecule has 2 fully saturated rings. The quantitative estimate of drug-likeness (QED) is 0.591. The van der Waals surface area contributed by atoms with Gasteiger partial charge in [0.2, 0.25) is 10.0 Å². The first-order valence-corrected chi connectivity index (χ1v) is 6.11. The molecule has 70 valence electrons. The van der Waals surface area contributed by atoms with Gasteiger partial charge in [0, 0.05) is 19.1 Å². The molecular weight excluding hydrogens is 176 g/mol. The van der Waals surface area contributed by atoms with Gasteiger partial charge >= 0.3 is 0 Å². The highest BCUT2D eigenvalue weighted by Gasteiger charge is 2.39. The first-order chi connectivity index (χ1) is 5.57. The largest absolute Gasteiger partial charge is 0.312 e. The summed E-state index contributed by atoms with van der Waals surface area (Å²) in [5, 5.41) is 3.31. The minimum Gasteiger partial charge on any atom is -0.312 e. The second-order valence-electron chi connectivity index (χ2n) is 3.69. The molecule has 5 heteroatoms. The topological polar surface area (TPSA) is 49.4 Å². The van der Waals surface area contributed by atoms with Crippen LogP contribution in [0.15, 0.2) is 0 Å². The van der Waals surface area contributed by atoms with Crippen molar-refractivity contribution in [3.63, 3.8) is 0 Å². The Labute approximate surface area is 73.0 Å². The molecule has 0 bridgehead atoms. The van der Waals surface area contributed by atoms with E-state index < -0.39 is 10.0 Å². The van der Waals surface area contributed by atoms with Crippen LogP contribution in [0.3, 0.4) is 0 Å². The van der Waals surface area contributed by atoms with Gasteiger partial charge in [-0.15, -0.1) is 0 Å². The van der Waals surface area contributed by atoms with Gasteiger partial charge in [-0.25, -0.2) is 12.7 Å². The van der Waals surface area contributed by atoms with Crippen molar-refractivity contribution >= 4 is 10.0 Å². The Morgan fingerprint density at radius 2 is 2.17 bits per heavy atom. The number of hydrogen-bond donors (Lipinski definition) is 1. The summed E-state index contributed by atoms with van der Waals surface area (Å²) in [4.78, 5) is 0. The molecule has 0 aromatic rings. The fraction of sp³-hybridized carbons (Fsp3) is 1.00. The van der Waals surface area contributed by atoms with Crippen molar-refractivity contribution in [1.29, 1.82) is 0 Å². The van der Waals surface area contributed by atoms with E-state index in [0.29, 0.717) is 18.5 Å². The summed E-state index contributed by atoms with van der Waals surface area (Å²) >= 11 is 0. The van der Waals surface area contributed by atoms with Crippen LogP contribution in [-0.4, -0.2) is 44.7 Å². The standard InChI is InChI=1S/C7H14N2O2S/c1-12(10,11)9-4-6-2-3-8-7(6)5-9/h6-8H,2-5H2,1H3. The summed E-state index contributed by atoms with van der Waals surface area (Å²) in [6, 6.07) is 0.416. The Morgan fingerprint density at radius 1 is 1.42 bits per heavy atom. The molecule has 0 aromatic heterocycles. The van der Waals surface area contributed by atoms with Gasteiger partial charge in [0.1, 0.15) is 0 Å². The van der Waals surface area contributed by atoms with Crippen LogP contribution < -0.4 is 5.32 Å². The molecule has 12 heavy (non-hydrogen) atoms. The van der Waals surface area contributed by atoms with Crippen LogP contribution in [0.25, 0.3) is 0 Å². The van der Waals surface area contributed by atoms with Crippen LogP contribution in [0.1, 0.15) is 6.42 Å². The van der Waals surface area contributed by atoms with Gasteiger partial charge in [0.25, 0.3) is 0 Å². The molecule has 2 rings (SSSR count). The third-order valence-electron chi connectivity index (χ3n) is 2.80. The number of fused-ring (bicyclic) bond motifs is 1. The molecule has 4 nitrogen and oxygen atoms in total. The molecule has 2 saturated heterocycles. The van der Waals surface area contributed by atoms with Crippen molar-refractivity contribution in [2.45, 2.75) is 12.5 Å². The Hall–Kier alpha value is -0.130. The molecule has 2 aliphatic rings. The summed E-state index contributed by atoms with van der Waals surface area (Å²) < 4.78 is 23.9. The molecule has 2 atom stereocenters. The van der Waals surface area contributed by atoms with E-state index in [-0.39, 0.29) is 0 Å². The van der Waals surface area contributed by atoms with E-state index in [1.807, 2.05) is 0 Å². The summed E-state index contributed by atoms with van der Waals surface area (Å²) in [7, 11) is -2.95. The van der Waals surface area contributed by atoms with Crippen LogP contribution in [-0.2, 0) is 10.0 Å². The number of sulfonamides is 1. The summed E-state index contributed by atoms with van der Waals surface area (Å²) in [6.07, 6.45) is 2.41. The normalized spacial score (nSPS) is 37.1. The van der Waals surface area contributed by atoms with Crippen molar-refractivity contribution in [3.8, 4) is 0 Å². The van der Waals surface area contributed by atoms with E-state index in [9.17, 15) is 8.42 Å². The Bertz CT molecular complexity index is 263. The van der Waals surface area contributed by atoms with Gasteiger partial charge in [-0.05, 0) is 18.9 Å². The van der Waals surface area contributed by atoms with Gasteiger partial charge in [-0.2, -0.15) is 0 Å². The van der Waals surface area contributed by atoms with E-state index in [0.717, 1.165) is 19.5 Å². The lowest BCUT2D eigenvalue weighted by atomic mass is 10.1. The lowest BCUT2D eigenvalue weighted by molar-refractivity contribution is 0.453. The van der Waals surface area contributed by atoms with E-state index in [2.05, 4.69) is 5.32 Å². The molecule has 1 N–H and O–H groups in total. The molecule has 2 heterocycles. The fourth-order valence-corrected chi connectivity index (χ4v) is 2.97. The number of hydrogen-bond acceptors (Lipinski definition) is 3. The third kappa shape index (κ3) is 1.36. The lowest BCUT2D eigenvalue weighted by Crippen LogP contribution is -2.33. The molecular formula is C7H14N2O2S. The molecule has 0 amide bonds. The van der Waals surface area contributed by atoms with Crippen molar-refractivity contribution in [1.82, 2.24) is 9.62 Å². The number of nitrogens with zero attached hydrogens (tertiary/aromatic N) is 1. The smallest absolute Gasteiger partial charge is 0.211 e.